The number of hydrogen-bond acceptors (Lipinski definition) is 3. The highest BCUT2D eigenvalue weighted by Crippen LogP contribution is 2.32. The van der Waals surface area contributed by atoms with Crippen molar-refractivity contribution in [3.05, 3.63) is 59.2 Å². The summed E-state index contributed by atoms with van der Waals surface area (Å²) in [7, 11) is 1.70. The Morgan fingerprint density at radius 1 is 1.08 bits per heavy atom. The maximum atomic E-state index is 6.19. The molecule has 0 aromatic heterocycles. The van der Waals surface area contributed by atoms with E-state index in [1.165, 1.54) is 29.5 Å². The number of aryl methyl sites for hydroxylation is 1. The lowest BCUT2D eigenvalue weighted by molar-refractivity contribution is 0.200. The van der Waals surface area contributed by atoms with Crippen LogP contribution < -0.4 is 14.8 Å². The van der Waals surface area contributed by atoms with Gasteiger partial charge in [0.15, 0.2) is 11.5 Å². The highest BCUT2D eigenvalue weighted by atomic mass is 16.5. The molecule has 2 aromatic carbocycles. The molecule has 0 bridgehead atoms. The third kappa shape index (κ3) is 4.76. The maximum absolute atomic E-state index is 6.19. The zero-order valence-corrected chi connectivity index (χ0v) is 15.5. The molecule has 0 saturated heterocycles. The summed E-state index contributed by atoms with van der Waals surface area (Å²) >= 11 is 0. The average molecular weight is 339 g/mol. The van der Waals surface area contributed by atoms with Crippen LogP contribution in [0.2, 0.25) is 0 Å². The molecule has 0 radical (unpaired) electrons. The van der Waals surface area contributed by atoms with Crippen molar-refractivity contribution in [1.82, 2.24) is 5.32 Å². The monoisotopic (exact) mass is 339 g/mol. The van der Waals surface area contributed by atoms with Crippen molar-refractivity contribution in [3.8, 4) is 11.5 Å². The molecule has 2 aromatic rings. The molecule has 25 heavy (non-hydrogen) atoms. The van der Waals surface area contributed by atoms with Gasteiger partial charge in [0.2, 0.25) is 0 Å². The first-order valence-electron chi connectivity index (χ1n) is 9.29. The van der Waals surface area contributed by atoms with E-state index in [0.717, 1.165) is 30.9 Å². The molecular formula is C22H29NO2. The van der Waals surface area contributed by atoms with Gasteiger partial charge in [-0.2, -0.15) is 0 Å². The second-order valence-corrected chi connectivity index (χ2v) is 7.03. The number of nitrogens with one attached hydrogen (secondary N) is 1. The van der Waals surface area contributed by atoms with Gasteiger partial charge < -0.3 is 14.8 Å². The summed E-state index contributed by atoms with van der Waals surface area (Å²) in [5.74, 6) is 1.69. The van der Waals surface area contributed by atoms with Crippen LogP contribution in [0.4, 0.5) is 0 Å². The summed E-state index contributed by atoms with van der Waals surface area (Å²) in [6.07, 6.45) is 5.17. The number of ether oxygens (including phenoxy) is 2. The van der Waals surface area contributed by atoms with Gasteiger partial charge >= 0.3 is 0 Å². The third-order valence-corrected chi connectivity index (χ3v) is 4.98. The van der Waals surface area contributed by atoms with E-state index in [-0.39, 0.29) is 0 Å². The SMILES string of the molecule is COc1ccc(CN[C@H](C)c2cccc(C)c2)cc1OC1CCCC1. The number of rotatable bonds is 7. The summed E-state index contributed by atoms with van der Waals surface area (Å²) in [5.41, 5.74) is 3.83. The van der Waals surface area contributed by atoms with E-state index in [2.05, 4.69) is 55.6 Å². The summed E-state index contributed by atoms with van der Waals surface area (Å²) in [6, 6.07) is 15.2. The number of methoxy groups -OCH3 is 1. The van der Waals surface area contributed by atoms with E-state index < -0.39 is 0 Å². The Morgan fingerprint density at radius 2 is 1.88 bits per heavy atom. The Morgan fingerprint density at radius 3 is 2.60 bits per heavy atom. The van der Waals surface area contributed by atoms with E-state index in [1.807, 2.05) is 6.07 Å². The lowest BCUT2D eigenvalue weighted by atomic mass is 10.1. The molecule has 1 N–H and O–H groups in total. The summed E-state index contributed by atoms with van der Waals surface area (Å²) in [4.78, 5) is 0. The first-order chi connectivity index (χ1) is 12.2. The number of benzene rings is 2. The van der Waals surface area contributed by atoms with E-state index in [0.29, 0.717) is 12.1 Å². The fourth-order valence-corrected chi connectivity index (χ4v) is 3.44. The third-order valence-electron chi connectivity index (χ3n) is 4.98. The largest absolute Gasteiger partial charge is 0.493 e. The van der Waals surface area contributed by atoms with Crippen LogP contribution in [0.15, 0.2) is 42.5 Å². The highest BCUT2D eigenvalue weighted by Gasteiger charge is 2.18. The van der Waals surface area contributed by atoms with Gasteiger partial charge in [-0.1, -0.05) is 35.9 Å². The quantitative estimate of drug-likeness (QED) is 0.754. The van der Waals surface area contributed by atoms with Crippen LogP contribution in [0.25, 0.3) is 0 Å². The second kappa shape index (κ2) is 8.39. The Kier molecular flexibility index (Phi) is 5.98. The Bertz CT molecular complexity index is 692. The normalized spacial score (nSPS) is 16.0. The molecular weight excluding hydrogens is 310 g/mol. The second-order valence-electron chi connectivity index (χ2n) is 7.03. The molecule has 3 nitrogen and oxygen atoms in total. The van der Waals surface area contributed by atoms with Crippen molar-refractivity contribution < 1.29 is 9.47 Å². The predicted molar refractivity (Wildman–Crippen MR) is 102 cm³/mol. The Balaban J connectivity index is 1.65. The van der Waals surface area contributed by atoms with Crippen LogP contribution in [0.3, 0.4) is 0 Å². The van der Waals surface area contributed by atoms with E-state index >= 15 is 0 Å². The summed E-state index contributed by atoms with van der Waals surface area (Å²) < 4.78 is 11.7. The molecule has 1 aliphatic rings. The van der Waals surface area contributed by atoms with Gasteiger partial charge in [0.05, 0.1) is 13.2 Å². The molecule has 1 aliphatic carbocycles. The van der Waals surface area contributed by atoms with Crippen molar-refractivity contribution in [3.63, 3.8) is 0 Å². The van der Waals surface area contributed by atoms with Gasteiger partial charge in [0.1, 0.15) is 0 Å². The number of hydrogen-bond donors (Lipinski definition) is 1. The van der Waals surface area contributed by atoms with Crippen molar-refractivity contribution in [2.75, 3.05) is 7.11 Å². The molecule has 1 saturated carbocycles. The maximum Gasteiger partial charge on any atom is 0.161 e. The fourth-order valence-electron chi connectivity index (χ4n) is 3.44. The van der Waals surface area contributed by atoms with Crippen molar-refractivity contribution >= 4 is 0 Å². The van der Waals surface area contributed by atoms with Crippen LogP contribution in [0, 0.1) is 6.92 Å². The summed E-state index contributed by atoms with van der Waals surface area (Å²) in [5, 5.41) is 3.60. The standard InChI is InChI=1S/C22H29NO2/c1-16-7-6-8-19(13-16)17(2)23-15-18-11-12-21(24-3)22(14-18)25-20-9-4-5-10-20/h6-8,11-14,17,20,23H,4-5,9-10,15H2,1-3H3/t17-/m1/s1. The van der Waals surface area contributed by atoms with E-state index in [1.54, 1.807) is 7.11 Å². The zero-order chi connectivity index (χ0) is 17.6. The summed E-state index contributed by atoms with van der Waals surface area (Å²) in [6.45, 7) is 5.14. The molecule has 134 valence electrons. The molecule has 1 fully saturated rings. The molecule has 1 atom stereocenters. The minimum Gasteiger partial charge on any atom is -0.493 e. The minimum atomic E-state index is 0.307. The van der Waals surface area contributed by atoms with Crippen LogP contribution in [0.1, 0.15) is 55.3 Å². The Labute approximate surface area is 151 Å². The van der Waals surface area contributed by atoms with Gasteiger partial charge in [-0.15, -0.1) is 0 Å². The predicted octanol–water partition coefficient (Wildman–Crippen LogP) is 5.18. The minimum absolute atomic E-state index is 0.307. The van der Waals surface area contributed by atoms with Gasteiger partial charge in [0, 0.05) is 12.6 Å². The van der Waals surface area contributed by atoms with Crippen LogP contribution in [-0.2, 0) is 6.54 Å². The lowest BCUT2D eigenvalue weighted by Gasteiger charge is -2.18. The zero-order valence-electron chi connectivity index (χ0n) is 15.5. The van der Waals surface area contributed by atoms with Crippen molar-refractivity contribution in [2.24, 2.45) is 0 Å². The molecule has 0 heterocycles. The lowest BCUT2D eigenvalue weighted by Crippen LogP contribution is -2.18. The highest BCUT2D eigenvalue weighted by molar-refractivity contribution is 5.43. The van der Waals surface area contributed by atoms with E-state index in [4.69, 9.17) is 9.47 Å². The molecule has 0 amide bonds. The topological polar surface area (TPSA) is 30.5 Å². The molecule has 0 spiro atoms. The first kappa shape index (κ1) is 17.8. The van der Waals surface area contributed by atoms with Crippen LogP contribution in [0.5, 0.6) is 11.5 Å². The average Bonchev–Trinajstić information content (AvgIpc) is 3.13. The smallest absolute Gasteiger partial charge is 0.161 e. The molecule has 3 rings (SSSR count). The van der Waals surface area contributed by atoms with Crippen molar-refractivity contribution in [1.29, 1.82) is 0 Å². The van der Waals surface area contributed by atoms with Crippen LogP contribution >= 0.6 is 0 Å². The van der Waals surface area contributed by atoms with Gasteiger partial charge in [-0.05, 0) is 62.8 Å². The first-order valence-corrected chi connectivity index (χ1v) is 9.29. The van der Waals surface area contributed by atoms with Crippen molar-refractivity contribution in [2.45, 2.75) is 58.2 Å². The molecule has 0 aliphatic heterocycles. The van der Waals surface area contributed by atoms with Gasteiger partial charge in [-0.25, -0.2) is 0 Å². The molecule has 3 heteroatoms. The van der Waals surface area contributed by atoms with Crippen LogP contribution in [-0.4, -0.2) is 13.2 Å². The Hall–Kier alpha value is -2.00. The molecule has 0 unspecified atom stereocenters. The fraction of sp³-hybridized carbons (Fsp3) is 0.455. The van der Waals surface area contributed by atoms with E-state index in [9.17, 15) is 0 Å². The van der Waals surface area contributed by atoms with Gasteiger partial charge in [0.25, 0.3) is 0 Å². The van der Waals surface area contributed by atoms with Gasteiger partial charge in [-0.3, -0.25) is 0 Å².